The number of esters is 1. The number of amides is 1. The molecule has 0 radical (unpaired) electrons. The predicted octanol–water partition coefficient (Wildman–Crippen LogP) is 4.85. The molecule has 0 aromatic heterocycles. The van der Waals surface area contributed by atoms with E-state index < -0.39 is 5.60 Å². The summed E-state index contributed by atoms with van der Waals surface area (Å²) in [5, 5.41) is 3.21. The molecule has 3 rings (SSSR count). The van der Waals surface area contributed by atoms with Gasteiger partial charge in [0.1, 0.15) is 5.60 Å². The molecule has 3 aliphatic rings. The minimum Gasteiger partial charge on any atom is -0.466 e. The molecule has 3 aliphatic carbocycles. The van der Waals surface area contributed by atoms with E-state index in [2.05, 4.69) is 23.9 Å². The predicted molar refractivity (Wildman–Crippen MR) is 106 cm³/mol. The highest BCUT2D eigenvalue weighted by Crippen LogP contribution is 2.61. The zero-order chi connectivity index (χ0) is 20.2. The molecular weight excluding hydrogens is 342 g/mol. The van der Waals surface area contributed by atoms with Crippen molar-refractivity contribution in [3.8, 4) is 0 Å². The van der Waals surface area contributed by atoms with Crippen LogP contribution in [0.5, 0.6) is 0 Å². The number of rotatable bonds is 7. The van der Waals surface area contributed by atoms with Gasteiger partial charge in [-0.2, -0.15) is 0 Å². The van der Waals surface area contributed by atoms with Crippen molar-refractivity contribution < 1.29 is 19.1 Å². The monoisotopic (exact) mass is 379 g/mol. The molecule has 1 N–H and O–H groups in total. The first-order valence-corrected chi connectivity index (χ1v) is 10.3. The SMILES string of the molecule is COC(=O)/C=C/CCCC[C@H]1C[C@H]2C[C@@H]([C@@H]1NC(=O)OC(C)(C)C)C2(C)C. The zero-order valence-corrected chi connectivity index (χ0v) is 17.8. The molecule has 5 heteroatoms. The van der Waals surface area contributed by atoms with E-state index in [0.717, 1.165) is 31.6 Å². The highest BCUT2D eigenvalue weighted by Gasteiger charge is 2.57. The second-order valence-electron chi connectivity index (χ2n) is 9.74. The average molecular weight is 380 g/mol. The van der Waals surface area contributed by atoms with E-state index in [1.807, 2.05) is 26.8 Å². The number of nitrogens with one attached hydrogen (secondary N) is 1. The van der Waals surface area contributed by atoms with Crippen LogP contribution in [-0.2, 0) is 14.3 Å². The third-order valence-corrected chi connectivity index (χ3v) is 6.41. The van der Waals surface area contributed by atoms with Gasteiger partial charge in [-0.1, -0.05) is 26.3 Å². The highest BCUT2D eigenvalue weighted by molar-refractivity contribution is 5.81. The summed E-state index contributed by atoms with van der Waals surface area (Å²) in [4.78, 5) is 23.4. The largest absolute Gasteiger partial charge is 0.466 e. The van der Waals surface area contributed by atoms with Crippen LogP contribution in [0.1, 0.15) is 73.1 Å². The molecule has 0 saturated heterocycles. The number of hydrogen-bond acceptors (Lipinski definition) is 4. The molecule has 3 fully saturated rings. The molecule has 0 aromatic carbocycles. The van der Waals surface area contributed by atoms with Crippen molar-refractivity contribution in [3.05, 3.63) is 12.2 Å². The third kappa shape index (κ3) is 5.73. The fourth-order valence-electron chi connectivity index (χ4n) is 4.78. The van der Waals surface area contributed by atoms with Gasteiger partial charge in [0.2, 0.25) is 0 Å². The molecule has 5 nitrogen and oxygen atoms in total. The Balaban J connectivity index is 1.87. The molecule has 2 bridgehead atoms. The van der Waals surface area contributed by atoms with Gasteiger partial charge in [0.15, 0.2) is 0 Å². The second kappa shape index (κ2) is 8.66. The summed E-state index contributed by atoms with van der Waals surface area (Å²) in [6.45, 7) is 10.4. The van der Waals surface area contributed by atoms with Crippen molar-refractivity contribution in [3.63, 3.8) is 0 Å². The van der Waals surface area contributed by atoms with Crippen molar-refractivity contribution in [1.29, 1.82) is 0 Å². The molecule has 0 heterocycles. The van der Waals surface area contributed by atoms with Crippen molar-refractivity contribution in [2.75, 3.05) is 7.11 Å². The summed E-state index contributed by atoms with van der Waals surface area (Å²) < 4.78 is 10.1. The van der Waals surface area contributed by atoms with Crippen molar-refractivity contribution >= 4 is 12.1 Å². The van der Waals surface area contributed by atoms with E-state index in [9.17, 15) is 9.59 Å². The molecular formula is C22H37NO4. The van der Waals surface area contributed by atoms with E-state index in [4.69, 9.17) is 4.74 Å². The lowest BCUT2D eigenvalue weighted by atomic mass is 9.44. The number of alkyl carbamates (subject to hydrolysis) is 1. The van der Waals surface area contributed by atoms with E-state index in [1.165, 1.54) is 26.0 Å². The molecule has 154 valence electrons. The first-order chi connectivity index (χ1) is 12.5. The van der Waals surface area contributed by atoms with Gasteiger partial charge >= 0.3 is 12.1 Å². The minimum atomic E-state index is -0.474. The van der Waals surface area contributed by atoms with Gasteiger partial charge in [-0.25, -0.2) is 9.59 Å². The van der Waals surface area contributed by atoms with E-state index in [0.29, 0.717) is 17.3 Å². The van der Waals surface area contributed by atoms with Crippen LogP contribution in [-0.4, -0.2) is 30.8 Å². The Bertz CT molecular complexity index is 561. The molecule has 0 aliphatic heterocycles. The first kappa shape index (κ1) is 21.8. The normalized spacial score (nSPS) is 29.1. The zero-order valence-electron chi connectivity index (χ0n) is 17.8. The van der Waals surface area contributed by atoms with Crippen LogP contribution >= 0.6 is 0 Å². The van der Waals surface area contributed by atoms with Crippen LogP contribution in [0.4, 0.5) is 4.79 Å². The van der Waals surface area contributed by atoms with Gasteiger partial charge < -0.3 is 14.8 Å². The van der Waals surface area contributed by atoms with Crippen molar-refractivity contribution in [2.24, 2.45) is 23.2 Å². The van der Waals surface area contributed by atoms with Gasteiger partial charge in [-0.3, -0.25) is 0 Å². The summed E-state index contributed by atoms with van der Waals surface area (Å²) >= 11 is 0. The summed E-state index contributed by atoms with van der Waals surface area (Å²) in [5.41, 5.74) is -0.169. The number of hydrogen-bond donors (Lipinski definition) is 1. The highest BCUT2D eigenvalue weighted by atomic mass is 16.6. The standard InChI is InChI=1S/C22H37NO4/c1-21(2,3)27-20(25)23-19-15(13-16-14-17(19)22(16,4)5)11-9-7-8-10-12-18(24)26-6/h10,12,15-17,19H,7-9,11,13-14H2,1-6H3,(H,23,25)/b12-10+/t15-,16-,17-,19+/m0/s1. The van der Waals surface area contributed by atoms with Crippen LogP contribution in [0.2, 0.25) is 0 Å². The van der Waals surface area contributed by atoms with Crippen LogP contribution in [0.25, 0.3) is 0 Å². The quantitative estimate of drug-likeness (QED) is 0.390. The number of allylic oxidation sites excluding steroid dienone is 1. The van der Waals surface area contributed by atoms with Gasteiger partial charge in [-0.05, 0) is 76.0 Å². The van der Waals surface area contributed by atoms with Gasteiger partial charge in [0.25, 0.3) is 0 Å². The van der Waals surface area contributed by atoms with Crippen LogP contribution in [0.15, 0.2) is 12.2 Å². The van der Waals surface area contributed by atoms with E-state index >= 15 is 0 Å². The average Bonchev–Trinajstić information content (AvgIpc) is 2.56. The van der Waals surface area contributed by atoms with Crippen LogP contribution < -0.4 is 5.32 Å². The summed E-state index contributed by atoms with van der Waals surface area (Å²) in [6.07, 6.45) is 9.60. The summed E-state index contributed by atoms with van der Waals surface area (Å²) in [6, 6.07) is 0.200. The van der Waals surface area contributed by atoms with Crippen molar-refractivity contribution in [2.45, 2.75) is 84.8 Å². The topological polar surface area (TPSA) is 64.6 Å². The van der Waals surface area contributed by atoms with E-state index in [-0.39, 0.29) is 18.1 Å². The lowest BCUT2D eigenvalue weighted by Crippen LogP contribution is -2.63. The van der Waals surface area contributed by atoms with Crippen LogP contribution in [0, 0.1) is 23.2 Å². The van der Waals surface area contributed by atoms with Crippen molar-refractivity contribution in [1.82, 2.24) is 5.32 Å². The Labute approximate surface area is 164 Å². The van der Waals surface area contributed by atoms with E-state index in [1.54, 1.807) is 0 Å². The molecule has 4 atom stereocenters. The Morgan fingerprint density at radius 1 is 1.19 bits per heavy atom. The number of ether oxygens (including phenoxy) is 2. The Morgan fingerprint density at radius 3 is 2.48 bits per heavy atom. The number of carbonyl (C=O) groups excluding carboxylic acids is 2. The number of methoxy groups -OCH3 is 1. The molecule has 0 aromatic rings. The van der Waals surface area contributed by atoms with Gasteiger partial charge in [0.05, 0.1) is 7.11 Å². The maximum absolute atomic E-state index is 12.4. The lowest BCUT2D eigenvalue weighted by Gasteiger charge is -2.62. The first-order valence-electron chi connectivity index (χ1n) is 10.3. The Kier molecular flexibility index (Phi) is 6.98. The smallest absolute Gasteiger partial charge is 0.407 e. The van der Waals surface area contributed by atoms with Gasteiger partial charge in [-0.15, -0.1) is 0 Å². The summed E-state index contributed by atoms with van der Waals surface area (Å²) in [7, 11) is 1.39. The summed E-state index contributed by atoms with van der Waals surface area (Å²) in [5.74, 6) is 1.52. The maximum Gasteiger partial charge on any atom is 0.407 e. The molecule has 0 unspecified atom stereocenters. The Hall–Kier alpha value is -1.52. The fraction of sp³-hybridized carbons (Fsp3) is 0.818. The number of unbranched alkanes of at least 4 members (excludes halogenated alkanes) is 2. The molecule has 27 heavy (non-hydrogen) atoms. The number of fused-ring (bicyclic) bond motifs is 2. The fourth-order valence-corrected chi connectivity index (χ4v) is 4.78. The maximum atomic E-state index is 12.4. The molecule has 1 amide bonds. The second-order valence-corrected chi connectivity index (χ2v) is 9.74. The molecule has 3 saturated carbocycles. The number of carbonyl (C=O) groups is 2. The van der Waals surface area contributed by atoms with Crippen LogP contribution in [0.3, 0.4) is 0 Å². The van der Waals surface area contributed by atoms with Gasteiger partial charge in [0, 0.05) is 12.1 Å². The lowest BCUT2D eigenvalue weighted by molar-refractivity contribution is -0.134. The minimum absolute atomic E-state index is 0.200. The Morgan fingerprint density at radius 2 is 1.89 bits per heavy atom. The molecule has 0 spiro atoms. The third-order valence-electron chi connectivity index (χ3n) is 6.41.